The summed E-state index contributed by atoms with van der Waals surface area (Å²) in [4.78, 5) is 23.4. The lowest BCUT2D eigenvalue weighted by molar-refractivity contribution is -0.122. The Morgan fingerprint density at radius 1 is 1.19 bits per heavy atom. The van der Waals surface area contributed by atoms with Gasteiger partial charge in [-0.25, -0.2) is 4.98 Å². The third-order valence-electron chi connectivity index (χ3n) is 5.40. The van der Waals surface area contributed by atoms with Crippen molar-refractivity contribution in [3.63, 3.8) is 0 Å². The lowest BCUT2D eigenvalue weighted by Crippen LogP contribution is -2.38. The Hall–Kier alpha value is -3.82. The van der Waals surface area contributed by atoms with E-state index >= 15 is 0 Å². The van der Waals surface area contributed by atoms with Gasteiger partial charge in [-0.3, -0.25) is 4.79 Å². The lowest BCUT2D eigenvalue weighted by atomic mass is 9.94. The van der Waals surface area contributed by atoms with Gasteiger partial charge in [-0.2, -0.15) is 9.67 Å². The predicted molar refractivity (Wildman–Crippen MR) is 112 cm³/mol. The molecule has 0 saturated carbocycles. The van der Waals surface area contributed by atoms with Crippen LogP contribution in [0.3, 0.4) is 0 Å². The Morgan fingerprint density at radius 2 is 2.10 bits per heavy atom. The van der Waals surface area contributed by atoms with E-state index in [4.69, 9.17) is 4.42 Å². The van der Waals surface area contributed by atoms with Crippen molar-refractivity contribution in [2.24, 2.45) is 5.92 Å². The van der Waals surface area contributed by atoms with Gasteiger partial charge in [-0.1, -0.05) is 18.2 Å². The van der Waals surface area contributed by atoms with Crippen LogP contribution >= 0.6 is 0 Å². The number of nitrogens with one attached hydrogen (secondary N) is 1. The Kier molecular flexibility index (Phi) is 5.26. The van der Waals surface area contributed by atoms with Crippen LogP contribution in [0.4, 0.5) is 6.01 Å². The third-order valence-corrected chi connectivity index (χ3v) is 5.40. The maximum absolute atomic E-state index is 12.6. The van der Waals surface area contributed by atoms with Gasteiger partial charge in [0.25, 0.3) is 6.01 Å². The first kappa shape index (κ1) is 19.2. The molecule has 1 atom stereocenters. The number of nitrogens with zero attached hydrogens (tertiary/aromatic N) is 7. The molecule has 5 rings (SSSR count). The summed E-state index contributed by atoms with van der Waals surface area (Å²) in [6.07, 6.45) is 4.11. The minimum atomic E-state index is -0.0197. The second-order valence-corrected chi connectivity index (χ2v) is 7.60. The molecule has 158 valence electrons. The van der Waals surface area contributed by atoms with E-state index < -0.39 is 0 Å². The van der Waals surface area contributed by atoms with Crippen molar-refractivity contribution in [2.75, 3.05) is 18.0 Å². The number of fused-ring (bicyclic) bond motifs is 1. The number of pyridine rings is 1. The van der Waals surface area contributed by atoms with Crippen LogP contribution in [0, 0.1) is 5.92 Å². The van der Waals surface area contributed by atoms with Crippen molar-refractivity contribution in [3.8, 4) is 5.69 Å². The van der Waals surface area contributed by atoms with Crippen molar-refractivity contribution in [1.82, 2.24) is 35.5 Å². The van der Waals surface area contributed by atoms with Gasteiger partial charge in [0.15, 0.2) is 11.4 Å². The van der Waals surface area contributed by atoms with Crippen LogP contribution in [-0.2, 0) is 11.3 Å². The van der Waals surface area contributed by atoms with Gasteiger partial charge in [0.2, 0.25) is 11.6 Å². The van der Waals surface area contributed by atoms with Gasteiger partial charge in [0, 0.05) is 25.7 Å². The number of amides is 1. The second kappa shape index (κ2) is 8.50. The Morgan fingerprint density at radius 3 is 2.97 bits per heavy atom. The number of hydrogen-bond acceptors (Lipinski definition) is 8. The number of aromatic nitrogens is 6. The molecular formula is C21H22N8O2. The molecule has 10 nitrogen and oxygen atoms in total. The average molecular weight is 418 g/mol. The lowest BCUT2D eigenvalue weighted by Gasteiger charge is -2.31. The van der Waals surface area contributed by atoms with Crippen LogP contribution in [0.2, 0.25) is 0 Å². The van der Waals surface area contributed by atoms with Crippen LogP contribution < -0.4 is 10.2 Å². The molecule has 1 unspecified atom stereocenters. The Balaban J connectivity index is 1.18. The van der Waals surface area contributed by atoms with Crippen LogP contribution in [-0.4, -0.2) is 49.2 Å². The van der Waals surface area contributed by atoms with Gasteiger partial charge >= 0.3 is 0 Å². The van der Waals surface area contributed by atoms with E-state index in [-0.39, 0.29) is 18.4 Å². The summed E-state index contributed by atoms with van der Waals surface area (Å²) in [6, 6.07) is 13.9. The van der Waals surface area contributed by atoms with Crippen molar-refractivity contribution < 1.29 is 9.21 Å². The Bertz CT molecular complexity index is 1140. The fraction of sp³-hybridized carbons (Fsp3) is 0.333. The van der Waals surface area contributed by atoms with E-state index in [0.717, 1.165) is 31.6 Å². The van der Waals surface area contributed by atoms with Crippen LogP contribution in [0.5, 0.6) is 0 Å². The number of rotatable bonds is 6. The number of para-hydroxylation sites is 1. The van der Waals surface area contributed by atoms with Crippen molar-refractivity contribution in [2.45, 2.75) is 25.8 Å². The number of anilines is 1. The molecule has 0 spiro atoms. The molecule has 10 heteroatoms. The first-order chi connectivity index (χ1) is 15.3. The number of carbonyl (C=O) groups excluding carboxylic acids is 1. The summed E-state index contributed by atoms with van der Waals surface area (Å²) < 4.78 is 7.47. The molecular weight excluding hydrogens is 396 g/mol. The van der Waals surface area contributed by atoms with E-state index in [1.54, 1.807) is 10.9 Å². The van der Waals surface area contributed by atoms with Crippen molar-refractivity contribution in [1.29, 1.82) is 0 Å². The molecule has 1 saturated heterocycles. The SMILES string of the molecule is O=C(CC1CCCN(c2nc3ncccc3o2)C1)NCc1nnnn1-c1ccccc1. The molecule has 0 aliphatic carbocycles. The molecule has 1 aliphatic rings. The fourth-order valence-electron chi connectivity index (χ4n) is 3.90. The number of oxazole rings is 1. The molecule has 1 aromatic carbocycles. The summed E-state index contributed by atoms with van der Waals surface area (Å²) in [7, 11) is 0. The number of carbonyl (C=O) groups is 1. The van der Waals surface area contributed by atoms with E-state index in [1.165, 1.54) is 0 Å². The maximum Gasteiger partial charge on any atom is 0.299 e. The normalized spacial score (nSPS) is 16.5. The molecule has 1 N–H and O–H groups in total. The first-order valence-corrected chi connectivity index (χ1v) is 10.3. The largest absolute Gasteiger partial charge is 0.422 e. The predicted octanol–water partition coefficient (Wildman–Crippen LogP) is 2.12. The zero-order valence-corrected chi connectivity index (χ0v) is 16.9. The van der Waals surface area contributed by atoms with Crippen LogP contribution in [0.25, 0.3) is 16.9 Å². The van der Waals surface area contributed by atoms with Gasteiger partial charge in [-0.15, -0.1) is 5.10 Å². The van der Waals surface area contributed by atoms with Gasteiger partial charge in [-0.05, 0) is 53.5 Å². The average Bonchev–Trinajstić information content (AvgIpc) is 3.45. The van der Waals surface area contributed by atoms with Gasteiger partial charge in [0.05, 0.1) is 12.2 Å². The quantitative estimate of drug-likeness (QED) is 0.506. The van der Waals surface area contributed by atoms with Crippen LogP contribution in [0.15, 0.2) is 53.1 Å². The number of tetrazole rings is 1. The number of benzene rings is 1. The highest BCUT2D eigenvalue weighted by Crippen LogP contribution is 2.26. The molecule has 1 fully saturated rings. The fourth-order valence-corrected chi connectivity index (χ4v) is 3.90. The molecule has 3 aromatic heterocycles. The third kappa shape index (κ3) is 4.23. The summed E-state index contributed by atoms with van der Waals surface area (Å²) in [5, 5.41) is 14.7. The highest BCUT2D eigenvalue weighted by atomic mass is 16.4. The zero-order chi connectivity index (χ0) is 21.0. The number of hydrogen-bond donors (Lipinski definition) is 1. The molecule has 31 heavy (non-hydrogen) atoms. The van der Waals surface area contributed by atoms with E-state index in [0.29, 0.717) is 29.5 Å². The summed E-state index contributed by atoms with van der Waals surface area (Å²) in [5.74, 6) is 0.791. The molecule has 4 aromatic rings. The van der Waals surface area contributed by atoms with E-state index in [9.17, 15) is 4.79 Å². The molecule has 4 heterocycles. The summed E-state index contributed by atoms with van der Waals surface area (Å²) in [5.41, 5.74) is 2.13. The minimum Gasteiger partial charge on any atom is -0.422 e. The summed E-state index contributed by atoms with van der Waals surface area (Å²) >= 11 is 0. The Labute approximate surface area is 178 Å². The highest BCUT2D eigenvalue weighted by Gasteiger charge is 2.25. The van der Waals surface area contributed by atoms with Crippen molar-refractivity contribution in [3.05, 3.63) is 54.5 Å². The van der Waals surface area contributed by atoms with Crippen molar-refractivity contribution >= 4 is 23.2 Å². The second-order valence-electron chi connectivity index (χ2n) is 7.60. The monoisotopic (exact) mass is 418 g/mol. The minimum absolute atomic E-state index is 0.0197. The van der Waals surface area contributed by atoms with Gasteiger partial charge in [0.1, 0.15) is 0 Å². The number of piperidine rings is 1. The molecule has 1 aliphatic heterocycles. The maximum atomic E-state index is 12.6. The molecule has 1 amide bonds. The molecule has 0 bridgehead atoms. The van der Waals surface area contributed by atoms with E-state index in [2.05, 4.69) is 35.7 Å². The van der Waals surface area contributed by atoms with Gasteiger partial charge < -0.3 is 14.6 Å². The smallest absolute Gasteiger partial charge is 0.299 e. The summed E-state index contributed by atoms with van der Waals surface area (Å²) in [6.45, 7) is 1.85. The molecule has 0 radical (unpaired) electrons. The van der Waals surface area contributed by atoms with E-state index in [1.807, 2.05) is 42.5 Å². The topological polar surface area (TPSA) is 115 Å². The highest BCUT2D eigenvalue weighted by molar-refractivity contribution is 5.76. The van der Waals surface area contributed by atoms with Crippen LogP contribution in [0.1, 0.15) is 25.1 Å². The standard InChI is InChI=1S/C21H22N8O2/c30-19(23-13-18-25-26-27-29(18)16-7-2-1-3-8-16)12-15-6-5-11-28(14-15)21-24-20-17(31-21)9-4-10-22-20/h1-4,7-10,15H,5-6,11-14H2,(H,23,30). The first-order valence-electron chi connectivity index (χ1n) is 10.3. The zero-order valence-electron chi connectivity index (χ0n) is 16.9.